The predicted octanol–water partition coefficient (Wildman–Crippen LogP) is 4.28. The molecule has 1 saturated heterocycles. The first kappa shape index (κ1) is 20.3. The van der Waals surface area contributed by atoms with Crippen molar-refractivity contribution in [2.45, 2.75) is 0 Å². The minimum atomic E-state index is 0.776. The molecule has 0 saturated carbocycles. The van der Waals surface area contributed by atoms with Crippen LogP contribution in [0.15, 0.2) is 60.8 Å². The van der Waals surface area contributed by atoms with Crippen LogP contribution in [0.1, 0.15) is 0 Å². The van der Waals surface area contributed by atoms with Crippen LogP contribution in [0.2, 0.25) is 0 Å². The molecule has 2 aromatic carbocycles. The standard InChI is InChI=1S/C25H28N6O/c1-29(2)25-22-15-18(7-8-23(22)30(3)28-25)19-9-10-26-24(16-19)27-20-5-4-6-21(17-20)31-11-13-32-14-12-31/h4-10,15-17H,11-14H2,1-3H3,(H,26,27). The summed E-state index contributed by atoms with van der Waals surface area (Å²) in [5.41, 5.74) is 5.59. The van der Waals surface area contributed by atoms with Crippen LogP contribution in [0.3, 0.4) is 0 Å². The van der Waals surface area contributed by atoms with E-state index < -0.39 is 0 Å². The molecule has 1 N–H and O–H groups in total. The van der Waals surface area contributed by atoms with Gasteiger partial charge in [0.2, 0.25) is 0 Å². The zero-order valence-electron chi connectivity index (χ0n) is 18.7. The summed E-state index contributed by atoms with van der Waals surface area (Å²) in [5, 5.41) is 9.26. The number of hydrogen-bond donors (Lipinski definition) is 1. The van der Waals surface area contributed by atoms with E-state index in [0.29, 0.717) is 0 Å². The number of anilines is 4. The number of aryl methyl sites for hydroxylation is 1. The summed E-state index contributed by atoms with van der Waals surface area (Å²) in [5.74, 6) is 1.79. The Kier molecular flexibility index (Phi) is 5.41. The highest BCUT2D eigenvalue weighted by molar-refractivity contribution is 5.94. The van der Waals surface area contributed by atoms with E-state index in [-0.39, 0.29) is 0 Å². The molecule has 0 radical (unpaired) electrons. The molecule has 1 fully saturated rings. The number of rotatable bonds is 5. The number of benzene rings is 2. The van der Waals surface area contributed by atoms with Crippen LogP contribution in [0.4, 0.5) is 23.0 Å². The Bertz CT molecular complexity index is 1240. The highest BCUT2D eigenvalue weighted by Crippen LogP contribution is 2.31. The zero-order valence-corrected chi connectivity index (χ0v) is 18.7. The minimum Gasteiger partial charge on any atom is -0.378 e. The molecule has 0 spiro atoms. The third-order valence-corrected chi connectivity index (χ3v) is 5.84. The first-order valence-corrected chi connectivity index (χ1v) is 10.9. The molecule has 2 aromatic heterocycles. The lowest BCUT2D eigenvalue weighted by atomic mass is 10.0. The van der Waals surface area contributed by atoms with Crippen LogP contribution in [-0.4, -0.2) is 55.2 Å². The number of nitrogens with one attached hydrogen (secondary N) is 1. The minimum absolute atomic E-state index is 0.776. The second-order valence-corrected chi connectivity index (χ2v) is 8.28. The predicted molar refractivity (Wildman–Crippen MR) is 131 cm³/mol. The van der Waals surface area contributed by atoms with Gasteiger partial charge in [-0.2, -0.15) is 5.10 Å². The fourth-order valence-corrected chi connectivity index (χ4v) is 4.19. The Morgan fingerprint density at radius 1 is 0.969 bits per heavy atom. The Labute approximate surface area is 188 Å². The van der Waals surface area contributed by atoms with Gasteiger partial charge < -0.3 is 19.9 Å². The van der Waals surface area contributed by atoms with E-state index in [1.807, 2.05) is 43.0 Å². The number of hydrogen-bond acceptors (Lipinski definition) is 6. The Hall–Kier alpha value is -3.58. The summed E-state index contributed by atoms with van der Waals surface area (Å²) >= 11 is 0. The van der Waals surface area contributed by atoms with E-state index >= 15 is 0 Å². The molecule has 5 rings (SSSR count). The number of pyridine rings is 1. The van der Waals surface area contributed by atoms with Gasteiger partial charge in [0, 0.05) is 57.2 Å². The maximum Gasteiger partial charge on any atom is 0.158 e. The summed E-state index contributed by atoms with van der Waals surface area (Å²) in [7, 11) is 6.02. The summed E-state index contributed by atoms with van der Waals surface area (Å²) in [6.07, 6.45) is 1.85. The van der Waals surface area contributed by atoms with Crippen molar-refractivity contribution in [1.29, 1.82) is 0 Å². The fourth-order valence-electron chi connectivity index (χ4n) is 4.19. The molecule has 4 aromatic rings. The van der Waals surface area contributed by atoms with Gasteiger partial charge in [0.25, 0.3) is 0 Å². The number of ether oxygens (including phenoxy) is 1. The lowest BCUT2D eigenvalue weighted by Gasteiger charge is -2.29. The van der Waals surface area contributed by atoms with Gasteiger partial charge in [-0.3, -0.25) is 4.68 Å². The van der Waals surface area contributed by atoms with Crippen LogP contribution in [-0.2, 0) is 11.8 Å². The average Bonchev–Trinajstić information content (AvgIpc) is 3.16. The molecule has 0 bridgehead atoms. The average molecular weight is 429 g/mol. The molecule has 0 unspecified atom stereocenters. The molecule has 0 atom stereocenters. The molecule has 32 heavy (non-hydrogen) atoms. The van der Waals surface area contributed by atoms with Gasteiger partial charge in [-0.25, -0.2) is 4.98 Å². The molecular formula is C25H28N6O. The van der Waals surface area contributed by atoms with E-state index in [1.54, 1.807) is 0 Å². The fraction of sp³-hybridized carbons (Fsp3) is 0.280. The van der Waals surface area contributed by atoms with Crippen LogP contribution < -0.4 is 15.1 Å². The van der Waals surface area contributed by atoms with Crippen molar-refractivity contribution in [2.75, 3.05) is 55.5 Å². The lowest BCUT2D eigenvalue weighted by molar-refractivity contribution is 0.122. The van der Waals surface area contributed by atoms with Gasteiger partial charge in [-0.1, -0.05) is 12.1 Å². The van der Waals surface area contributed by atoms with Gasteiger partial charge in [0.15, 0.2) is 5.82 Å². The van der Waals surface area contributed by atoms with Gasteiger partial charge in [0.1, 0.15) is 5.82 Å². The Balaban J connectivity index is 1.42. The third kappa shape index (κ3) is 3.99. The van der Waals surface area contributed by atoms with Gasteiger partial charge in [-0.15, -0.1) is 0 Å². The Morgan fingerprint density at radius 2 is 1.78 bits per heavy atom. The van der Waals surface area contributed by atoms with Crippen LogP contribution in [0.5, 0.6) is 0 Å². The summed E-state index contributed by atoms with van der Waals surface area (Å²) < 4.78 is 7.40. The van der Waals surface area contributed by atoms with E-state index in [9.17, 15) is 0 Å². The number of nitrogens with zero attached hydrogens (tertiary/aromatic N) is 5. The highest BCUT2D eigenvalue weighted by Gasteiger charge is 2.13. The number of fused-ring (bicyclic) bond motifs is 1. The molecule has 1 aliphatic heterocycles. The monoisotopic (exact) mass is 428 g/mol. The molecule has 0 amide bonds. The second-order valence-electron chi connectivity index (χ2n) is 8.28. The largest absolute Gasteiger partial charge is 0.378 e. The van der Waals surface area contributed by atoms with Crippen molar-refractivity contribution in [3.63, 3.8) is 0 Å². The lowest BCUT2D eigenvalue weighted by Crippen LogP contribution is -2.36. The van der Waals surface area contributed by atoms with E-state index in [4.69, 9.17) is 4.74 Å². The van der Waals surface area contributed by atoms with Crippen molar-refractivity contribution >= 4 is 33.9 Å². The first-order chi connectivity index (χ1) is 15.6. The van der Waals surface area contributed by atoms with Crippen molar-refractivity contribution in [3.05, 3.63) is 60.8 Å². The Morgan fingerprint density at radius 3 is 2.59 bits per heavy atom. The molecule has 3 heterocycles. The zero-order chi connectivity index (χ0) is 22.1. The summed E-state index contributed by atoms with van der Waals surface area (Å²) in [6, 6.07) is 19.1. The van der Waals surface area contributed by atoms with Crippen molar-refractivity contribution < 1.29 is 4.74 Å². The van der Waals surface area contributed by atoms with Crippen LogP contribution in [0.25, 0.3) is 22.0 Å². The van der Waals surface area contributed by atoms with Crippen molar-refractivity contribution in [1.82, 2.24) is 14.8 Å². The SMILES string of the molecule is CN(C)c1nn(C)c2ccc(-c3ccnc(Nc4cccc(N5CCOCC5)c4)c3)cc12. The molecule has 0 aliphatic carbocycles. The third-order valence-electron chi connectivity index (χ3n) is 5.84. The maximum absolute atomic E-state index is 5.48. The maximum atomic E-state index is 5.48. The quantitative estimate of drug-likeness (QED) is 0.512. The van der Waals surface area contributed by atoms with Crippen LogP contribution in [0, 0.1) is 0 Å². The molecule has 164 valence electrons. The smallest absolute Gasteiger partial charge is 0.158 e. The van der Waals surface area contributed by atoms with E-state index in [1.165, 1.54) is 5.69 Å². The molecule has 7 nitrogen and oxygen atoms in total. The van der Waals surface area contributed by atoms with E-state index in [0.717, 1.165) is 65.7 Å². The van der Waals surface area contributed by atoms with Gasteiger partial charge >= 0.3 is 0 Å². The molecular weight excluding hydrogens is 400 g/mol. The summed E-state index contributed by atoms with van der Waals surface area (Å²) in [6.45, 7) is 3.39. The van der Waals surface area contributed by atoms with Crippen molar-refractivity contribution in [3.8, 4) is 11.1 Å². The molecule has 1 aliphatic rings. The highest BCUT2D eigenvalue weighted by atomic mass is 16.5. The number of morpholine rings is 1. The second kappa shape index (κ2) is 8.51. The topological polar surface area (TPSA) is 58.5 Å². The van der Waals surface area contributed by atoms with Gasteiger partial charge in [-0.05, 0) is 53.6 Å². The summed E-state index contributed by atoms with van der Waals surface area (Å²) in [4.78, 5) is 8.95. The van der Waals surface area contributed by atoms with Crippen LogP contribution >= 0.6 is 0 Å². The first-order valence-electron chi connectivity index (χ1n) is 10.9. The number of aromatic nitrogens is 3. The normalized spacial score (nSPS) is 14.0. The van der Waals surface area contributed by atoms with E-state index in [2.05, 4.69) is 68.8 Å². The van der Waals surface area contributed by atoms with Crippen molar-refractivity contribution in [2.24, 2.45) is 7.05 Å². The molecule has 7 heteroatoms. The van der Waals surface area contributed by atoms with Gasteiger partial charge in [0.05, 0.1) is 18.7 Å².